The van der Waals surface area contributed by atoms with E-state index >= 15 is 0 Å². The predicted octanol–water partition coefficient (Wildman–Crippen LogP) is 1.35. The average molecular weight is 351 g/mol. The Hall–Kier alpha value is -1.14. The molecule has 2 atom stereocenters. The lowest BCUT2D eigenvalue weighted by Gasteiger charge is -2.39. The van der Waals surface area contributed by atoms with Gasteiger partial charge in [-0.25, -0.2) is 0 Å². The molecule has 0 bridgehead atoms. The molecule has 6 heteroatoms. The number of ether oxygens (including phenoxy) is 1. The van der Waals surface area contributed by atoms with E-state index in [0.717, 1.165) is 51.9 Å². The van der Waals surface area contributed by atoms with Crippen molar-refractivity contribution in [2.75, 3.05) is 45.8 Å². The van der Waals surface area contributed by atoms with Gasteiger partial charge in [0, 0.05) is 32.1 Å². The smallest absolute Gasteiger partial charge is 0.236 e. The zero-order chi connectivity index (χ0) is 17.8. The first-order valence-corrected chi connectivity index (χ1v) is 9.97. The van der Waals surface area contributed by atoms with Crippen LogP contribution in [0.2, 0.25) is 0 Å². The van der Waals surface area contributed by atoms with E-state index in [1.54, 1.807) is 0 Å². The van der Waals surface area contributed by atoms with E-state index < -0.39 is 0 Å². The molecule has 0 spiro atoms. The molecule has 2 amide bonds. The highest BCUT2D eigenvalue weighted by Crippen LogP contribution is 2.22. The summed E-state index contributed by atoms with van der Waals surface area (Å²) >= 11 is 0. The van der Waals surface area contributed by atoms with Crippen LogP contribution in [0.25, 0.3) is 0 Å². The normalized spacial score (nSPS) is 29.7. The largest absolute Gasteiger partial charge is 0.372 e. The molecule has 6 nitrogen and oxygen atoms in total. The lowest BCUT2D eigenvalue weighted by atomic mass is 9.94. The number of hydrogen-bond acceptors (Lipinski definition) is 4. The SMILES string of the molecule is CC1CN(C(=O)C2CCN(CC(=O)N3CCCCC3)CC2)CC(C)O1. The van der Waals surface area contributed by atoms with E-state index in [4.69, 9.17) is 4.74 Å². The molecule has 3 fully saturated rings. The number of morpholine rings is 1. The molecule has 25 heavy (non-hydrogen) atoms. The minimum absolute atomic E-state index is 0.110. The zero-order valence-electron chi connectivity index (χ0n) is 15.8. The monoisotopic (exact) mass is 351 g/mol. The van der Waals surface area contributed by atoms with Gasteiger partial charge in [-0.05, 0) is 59.0 Å². The van der Waals surface area contributed by atoms with E-state index in [2.05, 4.69) is 4.90 Å². The molecule has 3 aliphatic heterocycles. The molecule has 0 aromatic heterocycles. The van der Waals surface area contributed by atoms with Gasteiger partial charge in [-0.1, -0.05) is 0 Å². The number of likely N-dealkylation sites (tertiary alicyclic amines) is 2. The van der Waals surface area contributed by atoms with Crippen LogP contribution in [0.4, 0.5) is 0 Å². The minimum Gasteiger partial charge on any atom is -0.372 e. The topological polar surface area (TPSA) is 53.1 Å². The van der Waals surface area contributed by atoms with Crippen molar-refractivity contribution >= 4 is 11.8 Å². The van der Waals surface area contributed by atoms with E-state index in [9.17, 15) is 9.59 Å². The van der Waals surface area contributed by atoms with Gasteiger partial charge in [0.05, 0.1) is 18.8 Å². The Balaban J connectivity index is 1.43. The van der Waals surface area contributed by atoms with Crippen molar-refractivity contribution in [2.24, 2.45) is 5.92 Å². The molecule has 0 N–H and O–H groups in total. The second kappa shape index (κ2) is 8.49. The van der Waals surface area contributed by atoms with Crippen LogP contribution in [0, 0.1) is 5.92 Å². The first kappa shape index (κ1) is 18.6. The van der Waals surface area contributed by atoms with Crippen LogP contribution in [0.3, 0.4) is 0 Å². The van der Waals surface area contributed by atoms with E-state index in [-0.39, 0.29) is 29.9 Å². The Morgan fingerprint density at radius 1 is 0.880 bits per heavy atom. The molecule has 0 aromatic carbocycles. The Morgan fingerprint density at radius 2 is 1.48 bits per heavy atom. The quantitative estimate of drug-likeness (QED) is 0.770. The number of carbonyl (C=O) groups excluding carboxylic acids is 2. The second-order valence-corrected chi connectivity index (χ2v) is 7.99. The number of piperidine rings is 2. The Morgan fingerprint density at radius 3 is 2.08 bits per heavy atom. The van der Waals surface area contributed by atoms with Gasteiger partial charge >= 0.3 is 0 Å². The molecule has 3 aliphatic rings. The highest BCUT2D eigenvalue weighted by molar-refractivity contribution is 5.80. The van der Waals surface area contributed by atoms with Crippen LogP contribution in [0.15, 0.2) is 0 Å². The van der Waals surface area contributed by atoms with Gasteiger partial charge in [0.15, 0.2) is 0 Å². The fourth-order valence-corrected chi connectivity index (χ4v) is 4.39. The fourth-order valence-electron chi connectivity index (χ4n) is 4.39. The van der Waals surface area contributed by atoms with Crippen LogP contribution < -0.4 is 0 Å². The molecule has 0 radical (unpaired) electrons. The molecule has 0 saturated carbocycles. The fraction of sp³-hybridized carbons (Fsp3) is 0.895. The summed E-state index contributed by atoms with van der Waals surface area (Å²) in [5, 5.41) is 0. The first-order valence-electron chi connectivity index (χ1n) is 9.97. The third kappa shape index (κ3) is 4.94. The van der Waals surface area contributed by atoms with Crippen LogP contribution >= 0.6 is 0 Å². The molecular weight excluding hydrogens is 318 g/mol. The van der Waals surface area contributed by atoms with Crippen molar-refractivity contribution in [2.45, 2.75) is 58.2 Å². The predicted molar refractivity (Wildman–Crippen MR) is 96.2 cm³/mol. The summed E-state index contributed by atoms with van der Waals surface area (Å²) in [5.74, 6) is 0.656. The number of nitrogens with zero attached hydrogens (tertiary/aromatic N) is 3. The van der Waals surface area contributed by atoms with Gasteiger partial charge in [-0.2, -0.15) is 0 Å². The molecule has 0 aliphatic carbocycles. The summed E-state index contributed by atoms with van der Waals surface area (Å²) in [6.45, 7) is 9.54. The number of amides is 2. The third-order valence-corrected chi connectivity index (χ3v) is 5.74. The van der Waals surface area contributed by atoms with Gasteiger partial charge in [0.2, 0.25) is 11.8 Å². The summed E-state index contributed by atoms with van der Waals surface area (Å²) in [6.07, 6.45) is 5.50. The van der Waals surface area contributed by atoms with Crippen molar-refractivity contribution in [1.29, 1.82) is 0 Å². The summed E-state index contributed by atoms with van der Waals surface area (Å²) in [4.78, 5) is 31.4. The molecule has 3 rings (SSSR count). The molecule has 0 aromatic rings. The molecule has 2 unspecified atom stereocenters. The van der Waals surface area contributed by atoms with Gasteiger partial charge in [0.1, 0.15) is 0 Å². The van der Waals surface area contributed by atoms with Crippen molar-refractivity contribution in [3.05, 3.63) is 0 Å². The average Bonchev–Trinajstić information content (AvgIpc) is 2.61. The van der Waals surface area contributed by atoms with E-state index in [0.29, 0.717) is 19.6 Å². The summed E-state index contributed by atoms with van der Waals surface area (Å²) < 4.78 is 5.73. The molecule has 142 valence electrons. The van der Waals surface area contributed by atoms with Crippen LogP contribution in [0.5, 0.6) is 0 Å². The highest BCUT2D eigenvalue weighted by atomic mass is 16.5. The first-order chi connectivity index (χ1) is 12.0. The Bertz CT molecular complexity index is 461. The lowest BCUT2D eigenvalue weighted by molar-refractivity contribution is -0.149. The van der Waals surface area contributed by atoms with Crippen molar-refractivity contribution in [3.8, 4) is 0 Å². The van der Waals surface area contributed by atoms with Crippen LogP contribution in [0.1, 0.15) is 46.0 Å². The lowest BCUT2D eigenvalue weighted by Crippen LogP contribution is -2.52. The number of rotatable bonds is 3. The van der Waals surface area contributed by atoms with Crippen LogP contribution in [-0.2, 0) is 14.3 Å². The zero-order valence-corrected chi connectivity index (χ0v) is 15.8. The number of hydrogen-bond donors (Lipinski definition) is 0. The minimum atomic E-state index is 0.110. The third-order valence-electron chi connectivity index (χ3n) is 5.74. The Labute approximate surface area is 151 Å². The van der Waals surface area contributed by atoms with Gasteiger partial charge in [-0.15, -0.1) is 0 Å². The molecule has 3 saturated heterocycles. The summed E-state index contributed by atoms with van der Waals surface area (Å²) in [7, 11) is 0. The standard InChI is InChI=1S/C19H33N3O3/c1-15-12-22(13-16(2)25-15)19(24)17-6-10-20(11-7-17)14-18(23)21-8-4-3-5-9-21/h15-17H,3-14H2,1-2H3. The second-order valence-electron chi connectivity index (χ2n) is 7.99. The maximum atomic E-state index is 12.8. The van der Waals surface area contributed by atoms with Crippen molar-refractivity contribution < 1.29 is 14.3 Å². The highest BCUT2D eigenvalue weighted by Gasteiger charge is 2.33. The van der Waals surface area contributed by atoms with E-state index in [1.807, 2.05) is 23.6 Å². The van der Waals surface area contributed by atoms with Gasteiger partial charge < -0.3 is 14.5 Å². The Kier molecular flexibility index (Phi) is 6.34. The summed E-state index contributed by atoms with van der Waals surface area (Å²) in [6, 6.07) is 0. The molecule has 3 heterocycles. The number of carbonyl (C=O) groups is 2. The van der Waals surface area contributed by atoms with Gasteiger partial charge in [0.25, 0.3) is 0 Å². The van der Waals surface area contributed by atoms with E-state index in [1.165, 1.54) is 6.42 Å². The van der Waals surface area contributed by atoms with Crippen molar-refractivity contribution in [1.82, 2.24) is 14.7 Å². The maximum absolute atomic E-state index is 12.8. The molecular formula is C19H33N3O3. The summed E-state index contributed by atoms with van der Waals surface area (Å²) in [5.41, 5.74) is 0. The maximum Gasteiger partial charge on any atom is 0.236 e. The van der Waals surface area contributed by atoms with Crippen molar-refractivity contribution in [3.63, 3.8) is 0 Å². The van der Waals surface area contributed by atoms with Gasteiger partial charge in [-0.3, -0.25) is 14.5 Å². The van der Waals surface area contributed by atoms with Crippen LogP contribution in [-0.4, -0.2) is 84.5 Å².